The van der Waals surface area contributed by atoms with Crippen LogP contribution in [-0.4, -0.2) is 39.9 Å². The first-order valence-electron chi connectivity index (χ1n) is 4.99. The molecule has 0 aromatic heterocycles. The van der Waals surface area contributed by atoms with E-state index >= 15 is 0 Å². The zero-order valence-electron chi connectivity index (χ0n) is 9.97. The molecule has 100 valence electrons. The second-order valence-corrected chi connectivity index (χ2v) is 5.54. The summed E-state index contributed by atoms with van der Waals surface area (Å²) in [5.41, 5.74) is 5.52. The van der Waals surface area contributed by atoms with Gasteiger partial charge in [0.15, 0.2) is 0 Å². The van der Waals surface area contributed by atoms with E-state index in [1.807, 2.05) is 4.72 Å². The minimum atomic E-state index is -4.09. The summed E-state index contributed by atoms with van der Waals surface area (Å²) in [5, 5.41) is 0. The summed E-state index contributed by atoms with van der Waals surface area (Å²) in [6.07, 6.45) is 0. The van der Waals surface area contributed by atoms with Gasteiger partial charge in [-0.2, -0.15) is 0 Å². The van der Waals surface area contributed by atoms with Crippen molar-refractivity contribution in [3.63, 3.8) is 0 Å². The van der Waals surface area contributed by atoms with Gasteiger partial charge in [-0.05, 0) is 18.2 Å². The number of nitrogens with zero attached hydrogens (tertiary/aromatic N) is 1. The molecule has 0 aliphatic heterocycles. The van der Waals surface area contributed by atoms with Crippen LogP contribution in [0.25, 0.3) is 0 Å². The topological polar surface area (TPSA) is 92.5 Å². The fourth-order valence-electron chi connectivity index (χ4n) is 1.12. The van der Waals surface area contributed by atoms with E-state index in [4.69, 9.17) is 5.73 Å². The van der Waals surface area contributed by atoms with Gasteiger partial charge < -0.3 is 10.6 Å². The molecule has 3 N–H and O–H groups in total. The highest BCUT2D eigenvalue weighted by Crippen LogP contribution is 2.17. The number of carbonyl (C=O) groups is 1. The molecular formula is C10H14FN3O3S. The van der Waals surface area contributed by atoms with Gasteiger partial charge in [0.2, 0.25) is 15.9 Å². The molecule has 18 heavy (non-hydrogen) atoms. The highest BCUT2D eigenvalue weighted by atomic mass is 32.2. The van der Waals surface area contributed by atoms with Crippen molar-refractivity contribution in [2.75, 3.05) is 26.4 Å². The Morgan fingerprint density at radius 1 is 1.44 bits per heavy atom. The number of halogens is 1. The third-order valence-electron chi connectivity index (χ3n) is 2.16. The number of nitrogens with one attached hydrogen (secondary N) is 1. The third-order valence-corrected chi connectivity index (χ3v) is 3.57. The number of benzene rings is 1. The molecular weight excluding hydrogens is 261 g/mol. The predicted molar refractivity (Wildman–Crippen MR) is 64.7 cm³/mol. The van der Waals surface area contributed by atoms with E-state index in [9.17, 15) is 17.6 Å². The Balaban J connectivity index is 2.93. The Morgan fingerprint density at radius 2 is 2.06 bits per heavy atom. The van der Waals surface area contributed by atoms with Crippen molar-refractivity contribution in [2.45, 2.75) is 4.90 Å². The molecule has 1 rings (SSSR count). The number of nitrogen functional groups attached to an aromatic ring is 1. The Kier molecular flexibility index (Phi) is 4.25. The second-order valence-electron chi connectivity index (χ2n) is 3.80. The van der Waals surface area contributed by atoms with Crippen molar-refractivity contribution in [3.8, 4) is 0 Å². The van der Waals surface area contributed by atoms with E-state index < -0.39 is 33.2 Å². The number of amides is 1. The normalized spacial score (nSPS) is 11.3. The van der Waals surface area contributed by atoms with Crippen molar-refractivity contribution in [3.05, 3.63) is 24.0 Å². The maximum absolute atomic E-state index is 13.4. The molecule has 0 saturated heterocycles. The van der Waals surface area contributed by atoms with Crippen LogP contribution in [0.2, 0.25) is 0 Å². The van der Waals surface area contributed by atoms with Crippen LogP contribution in [0.3, 0.4) is 0 Å². The number of nitrogens with two attached hydrogens (primary N) is 1. The summed E-state index contributed by atoms with van der Waals surface area (Å²) in [6.45, 7) is -0.441. The second kappa shape index (κ2) is 5.32. The first-order chi connectivity index (χ1) is 8.24. The van der Waals surface area contributed by atoms with Crippen LogP contribution in [-0.2, 0) is 14.8 Å². The summed E-state index contributed by atoms with van der Waals surface area (Å²) in [4.78, 5) is 11.9. The summed E-state index contributed by atoms with van der Waals surface area (Å²) in [6, 6.07) is 3.20. The zero-order valence-corrected chi connectivity index (χ0v) is 10.8. The molecule has 1 aromatic carbocycles. The fraction of sp³-hybridized carbons (Fsp3) is 0.300. The van der Waals surface area contributed by atoms with E-state index in [-0.39, 0.29) is 5.69 Å². The summed E-state index contributed by atoms with van der Waals surface area (Å²) < 4.78 is 38.9. The van der Waals surface area contributed by atoms with Crippen molar-refractivity contribution in [2.24, 2.45) is 0 Å². The minimum absolute atomic E-state index is 0.121. The first-order valence-corrected chi connectivity index (χ1v) is 6.47. The molecule has 0 unspecified atom stereocenters. The van der Waals surface area contributed by atoms with E-state index in [2.05, 4.69) is 0 Å². The standard InChI is InChI=1S/C10H14FN3O3S/c1-14(2)10(15)6-13-18(16,17)9-5-7(12)3-4-8(9)11/h3-5,13H,6,12H2,1-2H3. The number of rotatable bonds is 4. The molecule has 0 spiro atoms. The van der Waals surface area contributed by atoms with Gasteiger partial charge in [0.1, 0.15) is 10.7 Å². The predicted octanol–water partition coefficient (Wildman–Crippen LogP) is -0.226. The molecule has 1 amide bonds. The van der Waals surface area contributed by atoms with E-state index in [0.29, 0.717) is 0 Å². The number of hydrogen-bond donors (Lipinski definition) is 2. The fourth-order valence-corrected chi connectivity index (χ4v) is 2.20. The summed E-state index contributed by atoms with van der Waals surface area (Å²) in [5.74, 6) is -1.36. The van der Waals surface area contributed by atoms with Gasteiger partial charge in [-0.15, -0.1) is 0 Å². The zero-order chi connectivity index (χ0) is 13.9. The lowest BCUT2D eigenvalue weighted by Crippen LogP contribution is -2.36. The third kappa shape index (κ3) is 3.41. The van der Waals surface area contributed by atoms with Gasteiger partial charge in [-0.3, -0.25) is 4.79 Å². The highest BCUT2D eigenvalue weighted by Gasteiger charge is 2.20. The maximum atomic E-state index is 13.4. The SMILES string of the molecule is CN(C)C(=O)CNS(=O)(=O)c1cc(N)ccc1F. The van der Waals surface area contributed by atoms with Crippen LogP contribution in [0.15, 0.2) is 23.1 Å². The Bertz CT molecular complexity index is 557. The van der Waals surface area contributed by atoms with E-state index in [0.717, 1.165) is 12.1 Å². The minimum Gasteiger partial charge on any atom is -0.399 e. The van der Waals surface area contributed by atoms with Crippen LogP contribution < -0.4 is 10.5 Å². The lowest BCUT2D eigenvalue weighted by atomic mass is 10.3. The van der Waals surface area contributed by atoms with Crippen molar-refractivity contribution < 1.29 is 17.6 Å². The van der Waals surface area contributed by atoms with Crippen molar-refractivity contribution in [1.82, 2.24) is 9.62 Å². The van der Waals surface area contributed by atoms with Crippen LogP contribution in [0.4, 0.5) is 10.1 Å². The molecule has 0 fully saturated rings. The van der Waals surface area contributed by atoms with Crippen molar-refractivity contribution in [1.29, 1.82) is 0 Å². The van der Waals surface area contributed by atoms with Gasteiger partial charge in [0.05, 0.1) is 6.54 Å². The average molecular weight is 275 g/mol. The Morgan fingerprint density at radius 3 is 2.61 bits per heavy atom. The number of likely N-dealkylation sites (N-methyl/N-ethyl adjacent to an activating group) is 1. The number of carbonyl (C=O) groups excluding carboxylic acids is 1. The summed E-state index contributed by atoms with van der Waals surface area (Å²) >= 11 is 0. The van der Waals surface area contributed by atoms with Crippen LogP contribution in [0, 0.1) is 5.82 Å². The molecule has 8 heteroatoms. The van der Waals surface area contributed by atoms with Crippen molar-refractivity contribution >= 4 is 21.6 Å². The Hall–Kier alpha value is -1.67. The van der Waals surface area contributed by atoms with Gasteiger partial charge in [-0.1, -0.05) is 0 Å². The molecule has 0 aliphatic rings. The molecule has 0 radical (unpaired) electrons. The maximum Gasteiger partial charge on any atom is 0.244 e. The quantitative estimate of drug-likeness (QED) is 0.743. The van der Waals surface area contributed by atoms with Crippen LogP contribution >= 0.6 is 0 Å². The number of hydrogen-bond acceptors (Lipinski definition) is 4. The molecule has 0 saturated carbocycles. The van der Waals surface area contributed by atoms with Gasteiger partial charge in [-0.25, -0.2) is 17.5 Å². The lowest BCUT2D eigenvalue weighted by Gasteiger charge is -2.12. The Labute approximate surface area is 105 Å². The molecule has 0 heterocycles. The molecule has 6 nitrogen and oxygen atoms in total. The van der Waals surface area contributed by atoms with Crippen LogP contribution in [0.1, 0.15) is 0 Å². The highest BCUT2D eigenvalue weighted by molar-refractivity contribution is 7.89. The van der Waals surface area contributed by atoms with E-state index in [1.165, 1.54) is 25.1 Å². The average Bonchev–Trinajstić information content (AvgIpc) is 2.29. The first kappa shape index (κ1) is 14.4. The molecule has 1 aromatic rings. The van der Waals surface area contributed by atoms with E-state index in [1.54, 1.807) is 0 Å². The molecule has 0 bridgehead atoms. The van der Waals surface area contributed by atoms with Gasteiger partial charge in [0, 0.05) is 19.8 Å². The smallest absolute Gasteiger partial charge is 0.244 e. The number of anilines is 1. The lowest BCUT2D eigenvalue weighted by molar-refractivity contribution is -0.127. The molecule has 0 atom stereocenters. The largest absolute Gasteiger partial charge is 0.399 e. The summed E-state index contributed by atoms with van der Waals surface area (Å²) in [7, 11) is -1.13. The van der Waals surface area contributed by atoms with Gasteiger partial charge in [0.25, 0.3) is 0 Å². The molecule has 0 aliphatic carbocycles. The monoisotopic (exact) mass is 275 g/mol. The van der Waals surface area contributed by atoms with Gasteiger partial charge >= 0.3 is 0 Å². The van der Waals surface area contributed by atoms with Crippen LogP contribution in [0.5, 0.6) is 0 Å². The number of sulfonamides is 1.